The number of fused-ring (bicyclic) bond motifs is 1. The van der Waals surface area contributed by atoms with E-state index >= 15 is 0 Å². The predicted molar refractivity (Wildman–Crippen MR) is 113 cm³/mol. The lowest BCUT2D eigenvalue weighted by Crippen LogP contribution is -2.27. The number of ketones is 1. The molecular weight excluding hydrogens is 416 g/mol. The molecule has 10 heteroatoms. The summed E-state index contributed by atoms with van der Waals surface area (Å²) in [6, 6.07) is 6.80. The minimum absolute atomic E-state index is 0.00602. The molecule has 166 valence electrons. The Morgan fingerprint density at radius 3 is 2.44 bits per heavy atom. The number of carbonyl (C=O) groups is 1. The molecule has 0 saturated heterocycles. The molecule has 1 aromatic carbocycles. The summed E-state index contributed by atoms with van der Waals surface area (Å²) in [5, 5.41) is 14.4. The third kappa shape index (κ3) is 3.24. The first kappa shape index (κ1) is 20.0. The van der Waals surface area contributed by atoms with Gasteiger partial charge in [-0.3, -0.25) is 4.79 Å². The molecule has 0 unspecified atom stereocenters. The molecule has 2 aliphatic rings. The van der Waals surface area contributed by atoms with Crippen LogP contribution in [0.1, 0.15) is 36.1 Å². The van der Waals surface area contributed by atoms with Gasteiger partial charge in [0.25, 0.3) is 0 Å². The van der Waals surface area contributed by atoms with Crippen molar-refractivity contribution in [1.82, 2.24) is 10.3 Å². The molecule has 32 heavy (non-hydrogen) atoms. The van der Waals surface area contributed by atoms with E-state index in [9.17, 15) is 4.79 Å². The highest BCUT2D eigenvalue weighted by Gasteiger charge is 2.38. The van der Waals surface area contributed by atoms with E-state index in [2.05, 4.69) is 20.9 Å². The Bertz CT molecular complexity index is 1160. The molecule has 1 aliphatic carbocycles. The molecule has 2 atom stereocenters. The van der Waals surface area contributed by atoms with Crippen LogP contribution < -0.4 is 24.8 Å². The first-order valence-electron chi connectivity index (χ1n) is 10.1. The largest absolute Gasteiger partial charge is 0.493 e. The first-order valence-corrected chi connectivity index (χ1v) is 10.1. The van der Waals surface area contributed by atoms with Crippen LogP contribution in [0.2, 0.25) is 0 Å². The highest BCUT2D eigenvalue weighted by atomic mass is 16.6. The lowest BCUT2D eigenvalue weighted by atomic mass is 9.80. The van der Waals surface area contributed by atoms with Gasteiger partial charge in [-0.25, -0.2) is 4.63 Å². The SMILES string of the molecule is COc1cc([C@@H]2Nc3nonc3NC3=C2C(=O)C[C@H](c2ccco2)C3)cc(OC)c1OC. The molecule has 0 bridgehead atoms. The van der Waals surface area contributed by atoms with Crippen molar-refractivity contribution in [2.75, 3.05) is 32.0 Å². The topological polar surface area (TPSA) is 121 Å². The van der Waals surface area contributed by atoms with Crippen LogP contribution >= 0.6 is 0 Å². The fourth-order valence-electron chi connectivity index (χ4n) is 4.34. The highest BCUT2D eigenvalue weighted by Crippen LogP contribution is 2.46. The van der Waals surface area contributed by atoms with E-state index in [-0.39, 0.29) is 11.7 Å². The third-order valence-corrected chi connectivity index (χ3v) is 5.80. The summed E-state index contributed by atoms with van der Waals surface area (Å²) >= 11 is 0. The summed E-state index contributed by atoms with van der Waals surface area (Å²) in [6.45, 7) is 0. The number of rotatable bonds is 5. The van der Waals surface area contributed by atoms with Crippen LogP contribution in [0.3, 0.4) is 0 Å². The van der Waals surface area contributed by atoms with Crippen molar-refractivity contribution in [3.63, 3.8) is 0 Å². The van der Waals surface area contributed by atoms with E-state index < -0.39 is 6.04 Å². The lowest BCUT2D eigenvalue weighted by Gasteiger charge is -2.29. The van der Waals surface area contributed by atoms with E-state index in [0.717, 1.165) is 17.0 Å². The highest BCUT2D eigenvalue weighted by molar-refractivity contribution is 6.00. The Morgan fingerprint density at radius 1 is 1.03 bits per heavy atom. The second-order valence-electron chi connectivity index (χ2n) is 7.56. The fourth-order valence-corrected chi connectivity index (χ4v) is 4.34. The monoisotopic (exact) mass is 438 g/mol. The van der Waals surface area contributed by atoms with E-state index in [4.69, 9.17) is 23.3 Å². The molecule has 3 heterocycles. The zero-order chi connectivity index (χ0) is 22.2. The summed E-state index contributed by atoms with van der Waals surface area (Å²) in [7, 11) is 4.64. The summed E-state index contributed by atoms with van der Waals surface area (Å²) in [5.41, 5.74) is 2.08. The number of carbonyl (C=O) groups excluding carboxylic acids is 1. The van der Waals surface area contributed by atoms with Crippen molar-refractivity contribution >= 4 is 17.4 Å². The molecule has 3 aromatic rings. The summed E-state index contributed by atoms with van der Waals surface area (Å²) in [4.78, 5) is 13.4. The van der Waals surface area contributed by atoms with Crippen molar-refractivity contribution in [3.8, 4) is 17.2 Å². The molecule has 0 fully saturated rings. The minimum atomic E-state index is -0.538. The average Bonchev–Trinajstić information content (AvgIpc) is 3.47. The van der Waals surface area contributed by atoms with E-state index in [1.165, 1.54) is 0 Å². The van der Waals surface area contributed by atoms with Crippen LogP contribution in [-0.2, 0) is 4.79 Å². The van der Waals surface area contributed by atoms with Crippen LogP contribution in [0.15, 0.2) is 50.8 Å². The normalized spacial score (nSPS) is 19.9. The Kier molecular flexibility index (Phi) is 4.96. The summed E-state index contributed by atoms with van der Waals surface area (Å²) < 4.78 is 27.0. The predicted octanol–water partition coefficient (Wildman–Crippen LogP) is 3.67. The van der Waals surface area contributed by atoms with Gasteiger partial charge in [-0.2, -0.15) is 0 Å². The molecule has 0 saturated carbocycles. The van der Waals surface area contributed by atoms with Gasteiger partial charge in [0.15, 0.2) is 17.3 Å². The number of nitrogens with one attached hydrogen (secondary N) is 2. The van der Waals surface area contributed by atoms with Gasteiger partial charge in [-0.05, 0) is 46.6 Å². The number of furan rings is 1. The molecule has 2 N–H and O–H groups in total. The smallest absolute Gasteiger partial charge is 0.219 e. The number of hydrogen-bond acceptors (Lipinski definition) is 10. The maximum atomic E-state index is 13.4. The maximum absolute atomic E-state index is 13.4. The zero-order valence-electron chi connectivity index (χ0n) is 17.8. The Morgan fingerprint density at radius 2 is 1.78 bits per heavy atom. The number of benzene rings is 1. The van der Waals surface area contributed by atoms with Gasteiger partial charge in [0.2, 0.25) is 17.4 Å². The van der Waals surface area contributed by atoms with Crippen LogP contribution in [0.5, 0.6) is 17.2 Å². The molecule has 0 spiro atoms. The Balaban J connectivity index is 1.64. The number of nitrogens with zero attached hydrogens (tertiary/aromatic N) is 2. The maximum Gasteiger partial charge on any atom is 0.219 e. The van der Waals surface area contributed by atoms with Gasteiger partial charge < -0.3 is 29.3 Å². The van der Waals surface area contributed by atoms with Gasteiger partial charge in [0, 0.05) is 23.6 Å². The third-order valence-electron chi connectivity index (χ3n) is 5.80. The Hall–Kier alpha value is -3.95. The molecule has 10 nitrogen and oxygen atoms in total. The van der Waals surface area contributed by atoms with Gasteiger partial charge >= 0.3 is 0 Å². The quantitative estimate of drug-likeness (QED) is 0.610. The zero-order valence-corrected chi connectivity index (χ0v) is 17.8. The number of ether oxygens (including phenoxy) is 3. The number of Topliss-reactive ketones (excluding diaryl/α,β-unsaturated/α-hetero) is 1. The fraction of sp³-hybridized carbons (Fsp3) is 0.318. The van der Waals surface area contributed by atoms with Crippen molar-refractivity contribution < 1.29 is 28.1 Å². The second kappa shape index (κ2) is 7.95. The number of allylic oxidation sites excluding steroid dienone is 1. The average molecular weight is 438 g/mol. The van der Waals surface area contributed by atoms with Crippen molar-refractivity contribution in [3.05, 3.63) is 53.1 Å². The van der Waals surface area contributed by atoms with Crippen molar-refractivity contribution in [2.45, 2.75) is 24.8 Å². The number of methoxy groups -OCH3 is 3. The molecular formula is C22H22N4O6. The number of anilines is 2. The van der Waals surface area contributed by atoms with E-state index in [1.807, 2.05) is 24.3 Å². The van der Waals surface area contributed by atoms with Crippen molar-refractivity contribution in [2.24, 2.45) is 0 Å². The van der Waals surface area contributed by atoms with Gasteiger partial charge in [-0.1, -0.05) is 0 Å². The Labute approximate surface area is 183 Å². The van der Waals surface area contributed by atoms with Crippen molar-refractivity contribution in [1.29, 1.82) is 0 Å². The van der Waals surface area contributed by atoms with E-state index in [1.54, 1.807) is 27.6 Å². The lowest BCUT2D eigenvalue weighted by molar-refractivity contribution is -0.116. The summed E-state index contributed by atoms with van der Waals surface area (Å²) in [6.07, 6.45) is 2.51. The molecule has 2 aromatic heterocycles. The molecule has 0 radical (unpaired) electrons. The number of aromatic nitrogens is 2. The standard InChI is InChI=1S/C22H22N4O6/c1-28-16-9-12(10-17(29-2)20(16)30-3)19-18-13(23-21-22(24-19)26-32-25-21)7-11(8-14(18)27)15-5-4-6-31-15/h4-6,9-11,19H,7-8H2,1-3H3,(H,23,25)(H,24,26)/t11-,19+/m1/s1. The van der Waals surface area contributed by atoms with Crippen LogP contribution in [0, 0.1) is 0 Å². The molecule has 0 amide bonds. The number of hydrogen-bond donors (Lipinski definition) is 2. The van der Waals surface area contributed by atoms with Crippen LogP contribution in [0.4, 0.5) is 11.6 Å². The first-order chi connectivity index (χ1) is 15.6. The van der Waals surface area contributed by atoms with Crippen LogP contribution in [-0.4, -0.2) is 37.4 Å². The second-order valence-corrected chi connectivity index (χ2v) is 7.56. The molecule has 1 aliphatic heterocycles. The van der Waals surface area contributed by atoms with Gasteiger partial charge in [-0.15, -0.1) is 0 Å². The van der Waals surface area contributed by atoms with Gasteiger partial charge in [0.1, 0.15) is 5.76 Å². The van der Waals surface area contributed by atoms with Crippen LogP contribution in [0.25, 0.3) is 0 Å². The van der Waals surface area contributed by atoms with Gasteiger partial charge in [0.05, 0.1) is 33.6 Å². The molecule has 5 rings (SSSR count). The van der Waals surface area contributed by atoms with E-state index in [0.29, 0.717) is 47.3 Å². The summed E-state index contributed by atoms with van der Waals surface area (Å²) in [5.74, 6) is 2.94. The minimum Gasteiger partial charge on any atom is -0.493 e.